The van der Waals surface area contributed by atoms with E-state index >= 15 is 0 Å². The molecule has 5 nitrogen and oxygen atoms in total. The Kier molecular flexibility index (Phi) is 5.39. The maximum absolute atomic E-state index is 5.90. The van der Waals surface area contributed by atoms with Crippen LogP contribution >= 0.6 is 0 Å². The van der Waals surface area contributed by atoms with E-state index < -0.39 is 8.80 Å². The Balaban J connectivity index is 2.60. The van der Waals surface area contributed by atoms with E-state index in [0.29, 0.717) is 6.32 Å². The second kappa shape index (κ2) is 6.07. The van der Waals surface area contributed by atoms with Crippen molar-refractivity contribution in [2.24, 2.45) is 0 Å². The van der Waals surface area contributed by atoms with Crippen molar-refractivity contribution in [2.75, 3.05) is 21.3 Å². The summed E-state index contributed by atoms with van der Waals surface area (Å²) in [5, 5.41) is 0. The Morgan fingerprint density at radius 1 is 0.947 bits per heavy atom. The lowest BCUT2D eigenvalue weighted by Crippen LogP contribution is -2.41. The van der Waals surface area contributed by atoms with Crippen molar-refractivity contribution in [1.82, 2.24) is 0 Å². The molecule has 0 spiro atoms. The Morgan fingerprint density at radius 3 is 1.74 bits per heavy atom. The van der Waals surface area contributed by atoms with Crippen molar-refractivity contribution < 1.29 is 22.6 Å². The van der Waals surface area contributed by atoms with Crippen LogP contribution in [0, 0.1) is 0 Å². The highest BCUT2D eigenvalue weighted by atomic mass is 28.4. The third kappa shape index (κ3) is 3.68. The monoisotopic (exact) mass is 288 g/mol. The molecule has 110 valence electrons. The summed E-state index contributed by atoms with van der Waals surface area (Å²) >= 11 is 0. The van der Waals surface area contributed by atoms with Crippen molar-refractivity contribution in [3.8, 4) is 0 Å². The molecule has 0 radical (unpaired) electrons. The van der Waals surface area contributed by atoms with E-state index in [1.807, 2.05) is 39.5 Å². The molecule has 0 amide bonds. The zero-order valence-electron chi connectivity index (χ0n) is 13.0. The van der Waals surface area contributed by atoms with Crippen molar-refractivity contribution in [3.05, 3.63) is 11.8 Å². The van der Waals surface area contributed by atoms with Crippen LogP contribution in [0.5, 0.6) is 0 Å². The summed E-state index contributed by atoms with van der Waals surface area (Å²) in [5.74, 6) is 0. The minimum absolute atomic E-state index is 0.251. The first-order valence-corrected chi connectivity index (χ1v) is 8.21. The molecule has 0 aliphatic carbocycles. The van der Waals surface area contributed by atoms with Crippen LogP contribution in [-0.4, -0.2) is 48.5 Å². The average Bonchev–Trinajstić information content (AvgIpc) is 2.54. The molecule has 1 saturated heterocycles. The first-order valence-electron chi connectivity index (χ1n) is 6.41. The van der Waals surface area contributed by atoms with Crippen LogP contribution in [-0.2, 0) is 22.6 Å². The van der Waals surface area contributed by atoms with E-state index in [1.165, 1.54) is 0 Å². The van der Waals surface area contributed by atoms with E-state index in [4.69, 9.17) is 22.6 Å². The Labute approximate surface area is 117 Å². The highest BCUT2D eigenvalue weighted by Gasteiger charge is 2.50. The topological polar surface area (TPSA) is 46.2 Å². The minimum atomic E-state index is -2.65. The lowest BCUT2D eigenvalue weighted by Gasteiger charge is -2.32. The van der Waals surface area contributed by atoms with Gasteiger partial charge in [0.05, 0.1) is 11.2 Å². The average molecular weight is 288 g/mol. The highest BCUT2D eigenvalue weighted by molar-refractivity contribution is 6.66. The van der Waals surface area contributed by atoms with Crippen LogP contribution in [0.3, 0.4) is 0 Å². The van der Waals surface area contributed by atoms with Crippen molar-refractivity contribution in [2.45, 2.75) is 45.2 Å². The zero-order valence-corrected chi connectivity index (χ0v) is 14.0. The standard InChI is InChI=1S/C12H25BO5Si/c1-11(2)12(3,4)18-13(17-11)9-8-10-19(14-5,15-6)16-7/h8,10H,9H2,1-7H3/b10-8+. The molecule has 1 aliphatic rings. The SMILES string of the molecule is CO[Si](/C=C/CB1OC(C)(C)C(C)(C)O1)(OC)OC. The maximum atomic E-state index is 5.90. The zero-order chi connectivity index (χ0) is 14.7. The van der Waals surface area contributed by atoms with Gasteiger partial charge in [0.15, 0.2) is 0 Å². The third-order valence-corrected chi connectivity index (χ3v) is 6.16. The van der Waals surface area contributed by atoms with Crippen molar-refractivity contribution in [3.63, 3.8) is 0 Å². The fraction of sp³-hybridized carbons (Fsp3) is 0.833. The number of rotatable bonds is 6. The normalized spacial score (nSPS) is 22.4. The summed E-state index contributed by atoms with van der Waals surface area (Å²) < 4.78 is 27.7. The molecule has 0 aromatic carbocycles. The van der Waals surface area contributed by atoms with E-state index in [0.717, 1.165) is 0 Å². The van der Waals surface area contributed by atoms with Gasteiger partial charge in [-0.25, -0.2) is 0 Å². The summed E-state index contributed by atoms with van der Waals surface area (Å²) in [6.45, 7) is 8.15. The van der Waals surface area contributed by atoms with Crippen LogP contribution in [0.2, 0.25) is 6.32 Å². The van der Waals surface area contributed by atoms with Crippen molar-refractivity contribution in [1.29, 1.82) is 0 Å². The minimum Gasteiger partial charge on any atom is -0.403 e. The quantitative estimate of drug-likeness (QED) is 0.700. The largest absolute Gasteiger partial charge is 0.528 e. The summed E-state index contributed by atoms with van der Waals surface area (Å²) in [6.07, 6.45) is 2.57. The molecule has 19 heavy (non-hydrogen) atoms. The molecule has 0 aromatic rings. The van der Waals surface area contributed by atoms with E-state index in [9.17, 15) is 0 Å². The van der Waals surface area contributed by atoms with Gasteiger partial charge in [0, 0.05) is 27.6 Å². The molecule has 0 aromatic heterocycles. The van der Waals surface area contributed by atoms with Gasteiger partial charge in [0.2, 0.25) is 0 Å². The smallest absolute Gasteiger partial charge is 0.403 e. The van der Waals surface area contributed by atoms with Crippen LogP contribution in [0.15, 0.2) is 11.8 Å². The third-order valence-electron chi connectivity index (χ3n) is 3.81. The van der Waals surface area contributed by atoms with Crippen LogP contribution in [0.4, 0.5) is 0 Å². The molecule has 0 saturated carbocycles. The van der Waals surface area contributed by atoms with Crippen LogP contribution in [0.1, 0.15) is 27.7 Å². The number of hydrogen-bond acceptors (Lipinski definition) is 5. The summed E-state index contributed by atoms with van der Waals surface area (Å²) in [6, 6.07) is 0. The molecule has 1 aliphatic heterocycles. The van der Waals surface area contributed by atoms with Crippen LogP contribution < -0.4 is 0 Å². The summed E-state index contributed by atoms with van der Waals surface area (Å²) in [5.41, 5.74) is 1.24. The maximum Gasteiger partial charge on any atom is 0.528 e. The van der Waals surface area contributed by atoms with Gasteiger partial charge < -0.3 is 22.6 Å². The van der Waals surface area contributed by atoms with Gasteiger partial charge >= 0.3 is 15.9 Å². The van der Waals surface area contributed by atoms with E-state index in [1.54, 1.807) is 21.3 Å². The van der Waals surface area contributed by atoms with Gasteiger partial charge in [-0.1, -0.05) is 6.08 Å². The predicted molar refractivity (Wildman–Crippen MR) is 76.8 cm³/mol. The van der Waals surface area contributed by atoms with Gasteiger partial charge in [0.1, 0.15) is 0 Å². The lowest BCUT2D eigenvalue weighted by atomic mass is 9.85. The fourth-order valence-corrected chi connectivity index (χ4v) is 3.17. The second-order valence-electron chi connectivity index (χ2n) is 5.54. The summed E-state index contributed by atoms with van der Waals surface area (Å²) in [4.78, 5) is 0. The Hall–Kier alpha value is -0.178. The Bertz CT molecular complexity index is 304. The molecule has 1 heterocycles. The molecule has 0 unspecified atom stereocenters. The lowest BCUT2D eigenvalue weighted by molar-refractivity contribution is 0.00578. The summed E-state index contributed by atoms with van der Waals surface area (Å²) in [7, 11) is 1.84. The number of allylic oxidation sites excluding steroid dienone is 1. The van der Waals surface area contributed by atoms with Gasteiger partial charge in [-0.3, -0.25) is 0 Å². The Morgan fingerprint density at radius 2 is 1.37 bits per heavy atom. The van der Waals surface area contributed by atoms with E-state index in [-0.39, 0.29) is 18.3 Å². The fourth-order valence-electron chi connectivity index (χ4n) is 1.84. The molecular formula is C12H25BO5Si. The van der Waals surface area contributed by atoms with Gasteiger partial charge in [-0.2, -0.15) is 0 Å². The molecule has 0 bridgehead atoms. The van der Waals surface area contributed by atoms with Crippen molar-refractivity contribution >= 4 is 15.9 Å². The first kappa shape index (κ1) is 16.9. The molecule has 7 heteroatoms. The first-order chi connectivity index (χ1) is 8.72. The van der Waals surface area contributed by atoms with Gasteiger partial charge in [0.25, 0.3) is 0 Å². The predicted octanol–water partition coefficient (Wildman–Crippen LogP) is 2.05. The number of hydrogen-bond donors (Lipinski definition) is 0. The molecule has 0 N–H and O–H groups in total. The van der Waals surface area contributed by atoms with Crippen LogP contribution in [0.25, 0.3) is 0 Å². The molecular weight excluding hydrogens is 263 g/mol. The highest BCUT2D eigenvalue weighted by Crippen LogP contribution is 2.37. The van der Waals surface area contributed by atoms with Gasteiger partial charge in [-0.15, -0.1) is 0 Å². The van der Waals surface area contributed by atoms with E-state index in [2.05, 4.69) is 0 Å². The molecule has 1 fully saturated rings. The molecule has 1 rings (SSSR count). The molecule has 0 atom stereocenters. The van der Waals surface area contributed by atoms with Gasteiger partial charge in [-0.05, 0) is 33.4 Å². The second-order valence-corrected chi connectivity index (χ2v) is 8.31.